The van der Waals surface area contributed by atoms with Gasteiger partial charge in [0.2, 0.25) is 0 Å². The molecule has 1 aromatic carbocycles. The van der Waals surface area contributed by atoms with Crippen LogP contribution in [0, 0.1) is 0 Å². The topological polar surface area (TPSA) is 57.2 Å². The number of anilines is 1. The van der Waals surface area contributed by atoms with Gasteiger partial charge in [0.15, 0.2) is 0 Å². The summed E-state index contributed by atoms with van der Waals surface area (Å²) < 4.78 is 6.98. The first-order chi connectivity index (χ1) is 9.67. The van der Waals surface area contributed by atoms with Gasteiger partial charge in [-0.15, -0.1) is 0 Å². The summed E-state index contributed by atoms with van der Waals surface area (Å²) in [5.41, 5.74) is 7.72. The molecule has 20 heavy (non-hydrogen) atoms. The first-order valence-electron chi connectivity index (χ1n) is 6.81. The predicted octanol–water partition coefficient (Wildman–Crippen LogP) is 2.91. The fourth-order valence-electron chi connectivity index (χ4n) is 2.17. The van der Waals surface area contributed by atoms with Crippen LogP contribution in [0.15, 0.2) is 41.2 Å². The lowest BCUT2D eigenvalue weighted by molar-refractivity contribution is 0.415. The maximum Gasteiger partial charge on any atom is 0.274 e. The molecule has 0 saturated heterocycles. The molecule has 2 aromatic rings. The Morgan fingerprint density at radius 1 is 1.25 bits per heavy atom. The van der Waals surface area contributed by atoms with E-state index in [9.17, 15) is 4.79 Å². The zero-order valence-corrected chi connectivity index (χ0v) is 11.9. The van der Waals surface area contributed by atoms with Crippen molar-refractivity contribution in [3.63, 3.8) is 0 Å². The number of pyridine rings is 1. The van der Waals surface area contributed by atoms with Crippen LogP contribution in [0.1, 0.15) is 19.8 Å². The summed E-state index contributed by atoms with van der Waals surface area (Å²) in [6, 6.07) is 11.2. The van der Waals surface area contributed by atoms with Gasteiger partial charge in [-0.1, -0.05) is 25.5 Å². The second kappa shape index (κ2) is 6.28. The molecule has 0 amide bonds. The van der Waals surface area contributed by atoms with Crippen LogP contribution in [-0.4, -0.2) is 11.7 Å². The zero-order valence-electron chi connectivity index (χ0n) is 11.9. The number of nitrogens with two attached hydrogens (primary N) is 1. The minimum absolute atomic E-state index is 0.126. The van der Waals surface area contributed by atoms with Crippen LogP contribution in [0.25, 0.3) is 11.3 Å². The van der Waals surface area contributed by atoms with Crippen molar-refractivity contribution in [2.75, 3.05) is 12.8 Å². The van der Waals surface area contributed by atoms with Crippen LogP contribution in [0.4, 0.5) is 5.69 Å². The second-order valence-electron chi connectivity index (χ2n) is 4.72. The molecule has 4 heteroatoms. The van der Waals surface area contributed by atoms with Crippen molar-refractivity contribution in [3.8, 4) is 17.0 Å². The second-order valence-corrected chi connectivity index (χ2v) is 4.72. The Bertz CT molecular complexity index is 647. The summed E-state index contributed by atoms with van der Waals surface area (Å²) in [6.45, 7) is 2.77. The highest BCUT2D eigenvalue weighted by Crippen LogP contribution is 2.23. The lowest BCUT2D eigenvalue weighted by atomic mass is 10.1. The molecular formula is C16H20N2O2. The average molecular weight is 272 g/mol. The number of benzene rings is 1. The SMILES string of the molecule is CCCCn1c(-c2cccc(OC)c2)ccc(N)c1=O. The summed E-state index contributed by atoms with van der Waals surface area (Å²) in [5, 5.41) is 0. The predicted molar refractivity (Wildman–Crippen MR) is 82.0 cm³/mol. The lowest BCUT2D eigenvalue weighted by Gasteiger charge is -2.14. The van der Waals surface area contributed by atoms with E-state index in [2.05, 4.69) is 6.92 Å². The van der Waals surface area contributed by atoms with E-state index in [0.717, 1.165) is 29.8 Å². The number of methoxy groups -OCH3 is 1. The molecule has 0 aliphatic rings. The summed E-state index contributed by atoms with van der Waals surface area (Å²) in [5.74, 6) is 0.772. The number of nitrogens with zero attached hydrogens (tertiary/aromatic N) is 1. The van der Waals surface area contributed by atoms with E-state index in [1.807, 2.05) is 30.3 Å². The highest BCUT2D eigenvalue weighted by Gasteiger charge is 2.09. The van der Waals surface area contributed by atoms with Gasteiger partial charge in [-0.2, -0.15) is 0 Å². The highest BCUT2D eigenvalue weighted by molar-refractivity contribution is 5.63. The third-order valence-electron chi connectivity index (χ3n) is 3.30. The van der Waals surface area contributed by atoms with Crippen molar-refractivity contribution in [2.45, 2.75) is 26.3 Å². The smallest absolute Gasteiger partial charge is 0.274 e. The van der Waals surface area contributed by atoms with Crippen molar-refractivity contribution in [2.24, 2.45) is 0 Å². The van der Waals surface area contributed by atoms with Crippen LogP contribution in [0.3, 0.4) is 0 Å². The molecule has 0 radical (unpaired) electrons. The normalized spacial score (nSPS) is 10.5. The van der Waals surface area contributed by atoms with Gasteiger partial charge in [0, 0.05) is 12.1 Å². The van der Waals surface area contributed by atoms with E-state index >= 15 is 0 Å². The van der Waals surface area contributed by atoms with E-state index in [1.165, 1.54) is 0 Å². The van der Waals surface area contributed by atoms with Crippen LogP contribution < -0.4 is 16.0 Å². The van der Waals surface area contributed by atoms with Crippen molar-refractivity contribution >= 4 is 5.69 Å². The van der Waals surface area contributed by atoms with Crippen molar-refractivity contribution < 1.29 is 4.74 Å². The minimum atomic E-state index is -0.126. The summed E-state index contributed by atoms with van der Waals surface area (Å²) >= 11 is 0. The number of aromatic nitrogens is 1. The fourth-order valence-corrected chi connectivity index (χ4v) is 2.17. The van der Waals surface area contributed by atoms with E-state index < -0.39 is 0 Å². The molecule has 1 aromatic heterocycles. The van der Waals surface area contributed by atoms with E-state index in [1.54, 1.807) is 17.7 Å². The Hall–Kier alpha value is -2.23. The number of ether oxygens (including phenoxy) is 1. The van der Waals surface area contributed by atoms with Gasteiger partial charge in [-0.25, -0.2) is 0 Å². The molecule has 0 saturated carbocycles. The molecule has 0 fully saturated rings. The van der Waals surface area contributed by atoms with Crippen molar-refractivity contribution in [1.29, 1.82) is 0 Å². The molecule has 1 heterocycles. The first kappa shape index (κ1) is 14.2. The van der Waals surface area contributed by atoms with Crippen LogP contribution in [0.5, 0.6) is 5.75 Å². The van der Waals surface area contributed by atoms with Gasteiger partial charge in [-0.3, -0.25) is 4.79 Å². The lowest BCUT2D eigenvalue weighted by Crippen LogP contribution is -2.24. The summed E-state index contributed by atoms with van der Waals surface area (Å²) in [4.78, 5) is 12.2. The molecule has 0 atom stereocenters. The Balaban J connectivity index is 2.54. The molecular weight excluding hydrogens is 252 g/mol. The van der Waals surface area contributed by atoms with Crippen LogP contribution >= 0.6 is 0 Å². The summed E-state index contributed by atoms with van der Waals surface area (Å²) in [6.07, 6.45) is 1.97. The number of unbranched alkanes of at least 4 members (excludes halogenated alkanes) is 1. The molecule has 0 bridgehead atoms. The number of nitrogen functional groups attached to an aromatic ring is 1. The third-order valence-corrected chi connectivity index (χ3v) is 3.30. The molecule has 4 nitrogen and oxygen atoms in total. The standard InChI is InChI=1S/C16H20N2O2/c1-3-4-10-18-15(9-8-14(17)16(18)19)12-6-5-7-13(11-12)20-2/h5-9,11H,3-4,10,17H2,1-2H3. The Kier molecular flexibility index (Phi) is 4.45. The molecule has 0 spiro atoms. The third kappa shape index (κ3) is 2.85. The van der Waals surface area contributed by atoms with Crippen molar-refractivity contribution in [3.05, 3.63) is 46.8 Å². The highest BCUT2D eigenvalue weighted by atomic mass is 16.5. The van der Waals surface area contributed by atoms with Crippen LogP contribution in [0.2, 0.25) is 0 Å². The van der Waals surface area contributed by atoms with Crippen LogP contribution in [-0.2, 0) is 6.54 Å². The van der Waals surface area contributed by atoms with Crippen molar-refractivity contribution in [1.82, 2.24) is 4.57 Å². The number of rotatable bonds is 5. The molecule has 2 rings (SSSR count). The Morgan fingerprint density at radius 3 is 2.75 bits per heavy atom. The summed E-state index contributed by atoms with van der Waals surface area (Å²) in [7, 11) is 1.63. The van der Waals surface area contributed by atoms with Gasteiger partial charge < -0.3 is 15.0 Å². The van der Waals surface area contributed by atoms with Gasteiger partial charge in [-0.05, 0) is 30.7 Å². The largest absolute Gasteiger partial charge is 0.497 e. The Morgan fingerprint density at radius 2 is 2.05 bits per heavy atom. The Labute approximate surface area is 118 Å². The molecule has 0 unspecified atom stereocenters. The molecule has 0 aliphatic heterocycles. The first-order valence-corrected chi connectivity index (χ1v) is 6.81. The minimum Gasteiger partial charge on any atom is -0.497 e. The molecule has 106 valence electrons. The molecule has 0 aliphatic carbocycles. The van der Waals surface area contributed by atoms with Gasteiger partial charge in [0.1, 0.15) is 5.75 Å². The van der Waals surface area contributed by atoms with E-state index in [0.29, 0.717) is 6.54 Å². The molecule has 2 N–H and O–H groups in total. The number of hydrogen-bond donors (Lipinski definition) is 1. The maximum absolute atomic E-state index is 12.2. The number of hydrogen-bond acceptors (Lipinski definition) is 3. The van der Waals surface area contributed by atoms with Gasteiger partial charge >= 0.3 is 0 Å². The van der Waals surface area contributed by atoms with Gasteiger partial charge in [0.05, 0.1) is 18.5 Å². The van der Waals surface area contributed by atoms with E-state index in [-0.39, 0.29) is 11.2 Å². The van der Waals surface area contributed by atoms with E-state index in [4.69, 9.17) is 10.5 Å². The zero-order chi connectivity index (χ0) is 14.5. The van der Waals surface area contributed by atoms with Gasteiger partial charge in [0.25, 0.3) is 5.56 Å². The fraction of sp³-hybridized carbons (Fsp3) is 0.312. The monoisotopic (exact) mass is 272 g/mol. The quantitative estimate of drug-likeness (QED) is 0.910. The maximum atomic E-state index is 12.2. The average Bonchev–Trinajstić information content (AvgIpc) is 2.48.